The van der Waals surface area contributed by atoms with Gasteiger partial charge >= 0.3 is 0 Å². The number of piperazine rings is 1. The number of aromatic nitrogens is 2. The first-order valence-corrected chi connectivity index (χ1v) is 9.89. The quantitative estimate of drug-likeness (QED) is 0.447. The summed E-state index contributed by atoms with van der Waals surface area (Å²) in [5.41, 5.74) is 1.82. The molecule has 158 valence electrons. The van der Waals surface area contributed by atoms with Gasteiger partial charge in [0.1, 0.15) is 5.75 Å². The summed E-state index contributed by atoms with van der Waals surface area (Å²) >= 11 is 0. The molecule has 0 aliphatic carbocycles. The third kappa shape index (κ3) is 4.95. The molecule has 0 atom stereocenters. The zero-order chi connectivity index (χ0) is 21.6. The fourth-order valence-electron chi connectivity index (χ4n) is 3.34. The highest BCUT2D eigenvalue weighted by atomic mass is 16.6. The van der Waals surface area contributed by atoms with Crippen LogP contribution in [0.15, 0.2) is 66.7 Å². The van der Waals surface area contributed by atoms with Crippen LogP contribution in [0.5, 0.6) is 5.75 Å². The highest BCUT2D eigenvalue weighted by molar-refractivity contribution is 5.78. The van der Waals surface area contributed by atoms with Crippen LogP contribution >= 0.6 is 0 Å². The van der Waals surface area contributed by atoms with Crippen LogP contribution in [0.1, 0.15) is 0 Å². The molecule has 0 bridgehead atoms. The topological polar surface area (TPSA) is 102 Å². The van der Waals surface area contributed by atoms with E-state index in [0.29, 0.717) is 31.9 Å². The van der Waals surface area contributed by atoms with Crippen LogP contribution in [0.4, 0.5) is 11.5 Å². The van der Waals surface area contributed by atoms with Gasteiger partial charge in [0.05, 0.1) is 10.6 Å². The van der Waals surface area contributed by atoms with Crippen LogP contribution < -0.4 is 9.64 Å². The van der Waals surface area contributed by atoms with E-state index in [0.717, 1.165) is 17.1 Å². The van der Waals surface area contributed by atoms with Gasteiger partial charge in [0, 0.05) is 43.9 Å². The van der Waals surface area contributed by atoms with Crippen molar-refractivity contribution < 1.29 is 14.5 Å². The number of benzene rings is 2. The molecule has 0 spiro atoms. The molecule has 1 aliphatic rings. The molecule has 1 aromatic heterocycles. The lowest BCUT2D eigenvalue weighted by Gasteiger charge is -2.35. The standard InChI is InChI=1S/C22H21N5O4/c28-22(16-31-19-8-6-18(7-9-19)27(29)30)26-14-12-25(13-15-26)21-11-10-20(23-24-21)17-4-2-1-3-5-17/h1-11H,12-16H2. The van der Waals surface area contributed by atoms with Crippen molar-refractivity contribution >= 4 is 17.4 Å². The van der Waals surface area contributed by atoms with Crippen molar-refractivity contribution in [2.45, 2.75) is 0 Å². The van der Waals surface area contributed by atoms with Gasteiger partial charge in [-0.05, 0) is 24.3 Å². The fourth-order valence-corrected chi connectivity index (χ4v) is 3.34. The van der Waals surface area contributed by atoms with E-state index in [-0.39, 0.29) is 18.2 Å². The zero-order valence-corrected chi connectivity index (χ0v) is 16.8. The third-order valence-electron chi connectivity index (χ3n) is 5.09. The molecule has 3 aromatic rings. The molecule has 0 unspecified atom stereocenters. The molecule has 1 amide bonds. The van der Waals surface area contributed by atoms with Gasteiger partial charge in [0.15, 0.2) is 12.4 Å². The second-order valence-electron chi connectivity index (χ2n) is 7.05. The number of ether oxygens (including phenoxy) is 1. The molecule has 9 nitrogen and oxygen atoms in total. The van der Waals surface area contributed by atoms with Crippen molar-refractivity contribution in [3.8, 4) is 17.0 Å². The van der Waals surface area contributed by atoms with Gasteiger partial charge in [-0.1, -0.05) is 30.3 Å². The van der Waals surface area contributed by atoms with Crippen LogP contribution in [0.2, 0.25) is 0 Å². The lowest BCUT2D eigenvalue weighted by molar-refractivity contribution is -0.384. The van der Waals surface area contributed by atoms with Gasteiger partial charge < -0.3 is 14.5 Å². The van der Waals surface area contributed by atoms with Crippen molar-refractivity contribution in [3.63, 3.8) is 0 Å². The summed E-state index contributed by atoms with van der Waals surface area (Å²) in [6.45, 7) is 2.32. The summed E-state index contributed by atoms with van der Waals surface area (Å²) in [7, 11) is 0. The Morgan fingerprint density at radius 2 is 1.65 bits per heavy atom. The molecule has 1 fully saturated rings. The molecular formula is C22H21N5O4. The number of carbonyl (C=O) groups is 1. The number of nitrogens with zero attached hydrogens (tertiary/aromatic N) is 5. The van der Waals surface area contributed by atoms with Crippen molar-refractivity contribution in [1.82, 2.24) is 15.1 Å². The molecule has 0 radical (unpaired) electrons. The molecule has 4 rings (SSSR count). The van der Waals surface area contributed by atoms with Gasteiger partial charge in [0.2, 0.25) is 0 Å². The van der Waals surface area contributed by atoms with E-state index in [2.05, 4.69) is 15.1 Å². The van der Waals surface area contributed by atoms with Gasteiger partial charge in [0.25, 0.3) is 11.6 Å². The summed E-state index contributed by atoms with van der Waals surface area (Å²) in [5.74, 6) is 1.09. The minimum atomic E-state index is -0.478. The predicted molar refractivity (Wildman–Crippen MR) is 115 cm³/mol. The van der Waals surface area contributed by atoms with E-state index in [1.54, 1.807) is 4.90 Å². The molecule has 0 N–H and O–H groups in total. The summed E-state index contributed by atoms with van der Waals surface area (Å²) in [4.78, 5) is 26.5. The lowest BCUT2D eigenvalue weighted by atomic mass is 10.1. The minimum absolute atomic E-state index is 0.0188. The van der Waals surface area contributed by atoms with E-state index < -0.39 is 4.92 Å². The summed E-state index contributed by atoms with van der Waals surface area (Å²) in [5, 5.41) is 19.4. The number of amides is 1. The largest absolute Gasteiger partial charge is 0.484 e. The molecule has 2 heterocycles. The maximum absolute atomic E-state index is 12.4. The average molecular weight is 419 g/mol. The minimum Gasteiger partial charge on any atom is -0.484 e. The molecule has 1 saturated heterocycles. The Hall–Kier alpha value is -4.01. The normalized spacial score (nSPS) is 13.7. The van der Waals surface area contributed by atoms with Gasteiger partial charge in [-0.15, -0.1) is 10.2 Å². The number of hydrogen-bond donors (Lipinski definition) is 0. The number of rotatable bonds is 6. The maximum Gasteiger partial charge on any atom is 0.269 e. The van der Waals surface area contributed by atoms with Gasteiger partial charge in [-0.2, -0.15) is 0 Å². The lowest BCUT2D eigenvalue weighted by Crippen LogP contribution is -2.50. The SMILES string of the molecule is O=C(COc1ccc([N+](=O)[O-])cc1)N1CCN(c2ccc(-c3ccccc3)nn2)CC1. The monoisotopic (exact) mass is 419 g/mol. The summed E-state index contributed by atoms with van der Waals surface area (Å²) < 4.78 is 5.47. The zero-order valence-electron chi connectivity index (χ0n) is 16.8. The Bertz CT molecular complexity index is 1030. The van der Waals surface area contributed by atoms with Crippen LogP contribution in [-0.2, 0) is 4.79 Å². The van der Waals surface area contributed by atoms with E-state index in [1.165, 1.54) is 24.3 Å². The number of anilines is 1. The molecule has 2 aromatic carbocycles. The maximum atomic E-state index is 12.4. The number of hydrogen-bond acceptors (Lipinski definition) is 7. The molecular weight excluding hydrogens is 398 g/mol. The number of nitro benzene ring substituents is 1. The Morgan fingerprint density at radius 1 is 0.935 bits per heavy atom. The first-order valence-electron chi connectivity index (χ1n) is 9.89. The molecule has 0 saturated carbocycles. The van der Waals surface area contributed by atoms with Crippen LogP contribution in [0, 0.1) is 10.1 Å². The first-order chi connectivity index (χ1) is 15.1. The average Bonchev–Trinajstić information content (AvgIpc) is 2.83. The van der Waals surface area contributed by atoms with Gasteiger partial charge in [-0.25, -0.2) is 0 Å². The molecule has 9 heteroatoms. The van der Waals surface area contributed by atoms with E-state index in [9.17, 15) is 14.9 Å². The van der Waals surface area contributed by atoms with E-state index >= 15 is 0 Å². The van der Waals surface area contributed by atoms with Crippen molar-refractivity contribution in [3.05, 3.63) is 76.8 Å². The predicted octanol–water partition coefficient (Wildman–Crippen LogP) is 2.78. The van der Waals surface area contributed by atoms with Crippen LogP contribution in [-0.4, -0.2) is 58.7 Å². The second kappa shape index (κ2) is 9.21. The van der Waals surface area contributed by atoms with Crippen molar-refractivity contribution in [2.24, 2.45) is 0 Å². The number of carbonyl (C=O) groups excluding carboxylic acids is 1. The summed E-state index contributed by atoms with van der Waals surface area (Å²) in [6, 6.07) is 19.5. The summed E-state index contributed by atoms with van der Waals surface area (Å²) in [6.07, 6.45) is 0. The van der Waals surface area contributed by atoms with Crippen LogP contribution in [0.3, 0.4) is 0 Å². The van der Waals surface area contributed by atoms with Gasteiger partial charge in [-0.3, -0.25) is 14.9 Å². The Kier molecular flexibility index (Phi) is 6.02. The smallest absolute Gasteiger partial charge is 0.269 e. The Labute approximate surface area is 179 Å². The second-order valence-corrected chi connectivity index (χ2v) is 7.05. The van der Waals surface area contributed by atoms with Crippen molar-refractivity contribution in [1.29, 1.82) is 0 Å². The number of nitro groups is 1. The first kappa shape index (κ1) is 20.3. The highest BCUT2D eigenvalue weighted by Gasteiger charge is 2.22. The van der Waals surface area contributed by atoms with Crippen LogP contribution in [0.25, 0.3) is 11.3 Å². The van der Waals surface area contributed by atoms with Crippen molar-refractivity contribution in [2.75, 3.05) is 37.7 Å². The Balaban J connectivity index is 1.27. The van der Waals surface area contributed by atoms with E-state index in [1.807, 2.05) is 42.5 Å². The molecule has 1 aliphatic heterocycles. The highest BCUT2D eigenvalue weighted by Crippen LogP contribution is 2.20. The number of non-ortho nitro benzene ring substituents is 1. The van der Waals surface area contributed by atoms with E-state index in [4.69, 9.17) is 4.74 Å². The fraction of sp³-hybridized carbons (Fsp3) is 0.227. The Morgan fingerprint density at radius 3 is 2.26 bits per heavy atom. The molecule has 31 heavy (non-hydrogen) atoms. The third-order valence-corrected chi connectivity index (χ3v) is 5.09.